The number of imidazole rings is 1. The first-order valence-electron chi connectivity index (χ1n) is 10.8. The smallest absolute Gasteiger partial charge is 0.307 e. The van der Waals surface area contributed by atoms with Gasteiger partial charge in [0.2, 0.25) is 0 Å². The number of aromatic nitrogens is 2. The van der Waals surface area contributed by atoms with Gasteiger partial charge in [-0.3, -0.25) is 4.79 Å². The number of carbonyl (C=O) groups is 1. The molecule has 4 nitrogen and oxygen atoms in total. The lowest BCUT2D eigenvalue weighted by Crippen LogP contribution is -1.99. The molecule has 0 fully saturated rings. The topological polar surface area (TPSA) is 66.0 Å². The average molecular weight is 409 g/mol. The second-order valence-corrected chi connectivity index (χ2v) is 8.11. The highest BCUT2D eigenvalue weighted by atomic mass is 16.4. The van der Waals surface area contributed by atoms with Crippen LogP contribution in [0, 0.1) is 0 Å². The van der Waals surface area contributed by atoms with E-state index in [0.717, 1.165) is 39.1 Å². The highest BCUT2D eigenvalue weighted by Gasteiger charge is 2.12. The summed E-state index contributed by atoms with van der Waals surface area (Å²) in [5.41, 5.74) is 8.54. The van der Waals surface area contributed by atoms with Crippen molar-refractivity contribution in [1.29, 1.82) is 0 Å². The summed E-state index contributed by atoms with van der Waals surface area (Å²) in [6, 6.07) is 22.5. The van der Waals surface area contributed by atoms with Gasteiger partial charge < -0.3 is 10.1 Å². The van der Waals surface area contributed by atoms with Crippen molar-refractivity contribution < 1.29 is 9.90 Å². The van der Waals surface area contributed by atoms with Crippen LogP contribution < -0.4 is 0 Å². The summed E-state index contributed by atoms with van der Waals surface area (Å²) >= 11 is 0. The van der Waals surface area contributed by atoms with E-state index in [1.807, 2.05) is 36.4 Å². The van der Waals surface area contributed by atoms with Gasteiger partial charge >= 0.3 is 5.97 Å². The predicted octanol–water partition coefficient (Wildman–Crippen LogP) is 6.48. The summed E-state index contributed by atoms with van der Waals surface area (Å²) in [7, 11) is 0. The molecule has 1 aliphatic rings. The molecule has 4 aromatic rings. The van der Waals surface area contributed by atoms with Crippen LogP contribution in [0.5, 0.6) is 0 Å². The molecule has 0 saturated heterocycles. The maximum Gasteiger partial charge on any atom is 0.307 e. The summed E-state index contributed by atoms with van der Waals surface area (Å²) in [5, 5.41) is 9.08. The van der Waals surface area contributed by atoms with Crippen LogP contribution in [0.2, 0.25) is 0 Å². The average Bonchev–Trinajstić information content (AvgIpc) is 3.24. The van der Waals surface area contributed by atoms with Gasteiger partial charge in [0.25, 0.3) is 0 Å². The number of hydrogen-bond acceptors (Lipinski definition) is 2. The van der Waals surface area contributed by atoms with Crippen LogP contribution in [0.25, 0.3) is 39.1 Å². The molecule has 1 heterocycles. The lowest BCUT2D eigenvalue weighted by Gasteiger charge is -2.13. The molecule has 5 rings (SSSR count). The summed E-state index contributed by atoms with van der Waals surface area (Å²) in [5.74, 6) is -0.0878. The van der Waals surface area contributed by atoms with Crippen LogP contribution in [0.4, 0.5) is 0 Å². The number of rotatable bonds is 5. The fraction of sp³-hybridized carbons (Fsp3) is 0.185. The van der Waals surface area contributed by atoms with Crippen LogP contribution in [0.15, 0.2) is 72.8 Å². The normalized spacial score (nSPS) is 13.9. The minimum atomic E-state index is -0.837. The van der Waals surface area contributed by atoms with Crippen LogP contribution in [-0.4, -0.2) is 21.0 Å². The molecule has 1 aliphatic carbocycles. The van der Waals surface area contributed by atoms with E-state index in [9.17, 15) is 4.79 Å². The van der Waals surface area contributed by atoms with E-state index in [0.29, 0.717) is 0 Å². The minimum Gasteiger partial charge on any atom is -0.481 e. The van der Waals surface area contributed by atoms with E-state index < -0.39 is 5.97 Å². The van der Waals surface area contributed by atoms with Gasteiger partial charge in [0.15, 0.2) is 0 Å². The number of benzene rings is 3. The number of aromatic amines is 1. The fourth-order valence-electron chi connectivity index (χ4n) is 4.37. The molecular weight excluding hydrogens is 384 g/mol. The standard InChI is InChI=1S/C27H24N2O2/c30-25(31)17-18-6-4-9-22(16-18)27-28-24-11-5-10-23(26(24)29-27)21-14-12-20(13-15-21)19-7-2-1-3-8-19/h4-7,9-16H,1-3,8,17H2,(H,28,29)(H,30,31). The van der Waals surface area contributed by atoms with Gasteiger partial charge in [-0.05, 0) is 60.1 Å². The van der Waals surface area contributed by atoms with Gasteiger partial charge in [0, 0.05) is 11.1 Å². The number of para-hydroxylation sites is 1. The zero-order valence-corrected chi connectivity index (χ0v) is 17.3. The first-order valence-corrected chi connectivity index (χ1v) is 10.8. The van der Waals surface area contributed by atoms with E-state index in [4.69, 9.17) is 10.1 Å². The maximum absolute atomic E-state index is 11.1. The third-order valence-corrected chi connectivity index (χ3v) is 5.93. The Morgan fingerprint density at radius 3 is 2.52 bits per heavy atom. The van der Waals surface area contributed by atoms with Crippen molar-refractivity contribution in [2.24, 2.45) is 0 Å². The first kappa shape index (κ1) is 19.3. The van der Waals surface area contributed by atoms with Crippen molar-refractivity contribution in [3.63, 3.8) is 0 Å². The number of hydrogen-bond donors (Lipinski definition) is 2. The van der Waals surface area contributed by atoms with E-state index in [1.54, 1.807) is 0 Å². The molecule has 4 heteroatoms. The molecular formula is C27H24N2O2. The Kier molecular flexibility index (Phi) is 5.13. The maximum atomic E-state index is 11.1. The van der Waals surface area contributed by atoms with Crippen LogP contribution in [-0.2, 0) is 11.2 Å². The number of carboxylic acid groups (broad SMARTS) is 1. The molecule has 0 atom stereocenters. The molecule has 0 saturated carbocycles. The Morgan fingerprint density at radius 1 is 0.935 bits per heavy atom. The highest BCUT2D eigenvalue weighted by molar-refractivity contribution is 5.94. The van der Waals surface area contributed by atoms with Crippen molar-refractivity contribution in [1.82, 2.24) is 9.97 Å². The third kappa shape index (κ3) is 4.02. The summed E-state index contributed by atoms with van der Waals surface area (Å²) < 4.78 is 0. The van der Waals surface area contributed by atoms with Crippen LogP contribution in [0.1, 0.15) is 36.8 Å². The van der Waals surface area contributed by atoms with Crippen molar-refractivity contribution in [3.05, 3.63) is 83.9 Å². The molecule has 2 N–H and O–H groups in total. The number of H-pyrrole nitrogens is 1. The SMILES string of the molecule is O=C(O)Cc1cccc(-c2nc3c(-c4ccc(C5=CCCCC5)cc4)cccc3[nH]2)c1. The third-order valence-electron chi connectivity index (χ3n) is 5.93. The van der Waals surface area contributed by atoms with Gasteiger partial charge in [-0.25, -0.2) is 4.98 Å². The Hall–Kier alpha value is -3.66. The molecule has 0 bridgehead atoms. The minimum absolute atomic E-state index is 0.00208. The van der Waals surface area contributed by atoms with Gasteiger partial charge in [0.05, 0.1) is 17.5 Å². The molecule has 154 valence electrons. The number of nitrogens with zero attached hydrogens (tertiary/aromatic N) is 1. The van der Waals surface area contributed by atoms with Crippen LogP contribution in [0.3, 0.4) is 0 Å². The lowest BCUT2D eigenvalue weighted by molar-refractivity contribution is -0.136. The Balaban J connectivity index is 1.50. The zero-order valence-electron chi connectivity index (χ0n) is 17.3. The number of carboxylic acids is 1. The zero-order chi connectivity index (χ0) is 21.2. The van der Waals surface area contributed by atoms with E-state index in [2.05, 4.69) is 41.4 Å². The van der Waals surface area contributed by atoms with Gasteiger partial charge in [-0.15, -0.1) is 0 Å². The Bertz CT molecular complexity index is 1280. The van der Waals surface area contributed by atoms with Crippen LogP contribution >= 0.6 is 0 Å². The molecule has 0 spiro atoms. The number of aliphatic carboxylic acids is 1. The largest absolute Gasteiger partial charge is 0.481 e. The van der Waals surface area contributed by atoms with Gasteiger partial charge in [0.1, 0.15) is 5.82 Å². The second kappa shape index (κ2) is 8.23. The predicted molar refractivity (Wildman–Crippen MR) is 125 cm³/mol. The van der Waals surface area contributed by atoms with Gasteiger partial charge in [-0.2, -0.15) is 0 Å². The van der Waals surface area contributed by atoms with Crippen molar-refractivity contribution >= 4 is 22.6 Å². The molecule has 3 aromatic carbocycles. The molecule has 0 radical (unpaired) electrons. The molecule has 0 aliphatic heterocycles. The van der Waals surface area contributed by atoms with Crippen molar-refractivity contribution in [3.8, 4) is 22.5 Å². The summed E-state index contributed by atoms with van der Waals surface area (Å²) in [6.07, 6.45) is 7.29. The quantitative estimate of drug-likeness (QED) is 0.397. The molecule has 31 heavy (non-hydrogen) atoms. The van der Waals surface area contributed by atoms with Gasteiger partial charge in [-0.1, -0.05) is 60.7 Å². The van der Waals surface area contributed by atoms with E-state index >= 15 is 0 Å². The molecule has 0 unspecified atom stereocenters. The van der Waals surface area contributed by atoms with Crippen molar-refractivity contribution in [2.75, 3.05) is 0 Å². The summed E-state index contributed by atoms with van der Waals surface area (Å²) in [4.78, 5) is 19.3. The Morgan fingerprint density at radius 2 is 1.74 bits per heavy atom. The fourth-order valence-corrected chi connectivity index (χ4v) is 4.37. The van der Waals surface area contributed by atoms with Crippen molar-refractivity contribution in [2.45, 2.75) is 32.1 Å². The molecule has 0 amide bonds. The first-order chi connectivity index (χ1) is 15.2. The second-order valence-electron chi connectivity index (χ2n) is 8.11. The molecule has 1 aromatic heterocycles. The number of allylic oxidation sites excluding steroid dienone is 2. The number of nitrogens with one attached hydrogen (secondary N) is 1. The monoisotopic (exact) mass is 408 g/mol. The Labute approximate surface area is 181 Å². The highest BCUT2D eigenvalue weighted by Crippen LogP contribution is 2.32. The lowest BCUT2D eigenvalue weighted by atomic mass is 9.92. The number of fused-ring (bicyclic) bond motifs is 1. The van der Waals surface area contributed by atoms with E-state index in [1.165, 1.54) is 36.8 Å². The summed E-state index contributed by atoms with van der Waals surface area (Å²) in [6.45, 7) is 0. The van der Waals surface area contributed by atoms with E-state index in [-0.39, 0.29) is 6.42 Å².